The van der Waals surface area contributed by atoms with Crippen molar-refractivity contribution in [1.29, 1.82) is 0 Å². The van der Waals surface area contributed by atoms with Crippen LogP contribution in [-0.2, 0) is 18.6 Å². The van der Waals surface area contributed by atoms with Gasteiger partial charge in [-0.3, -0.25) is 0 Å². The zero-order valence-corrected chi connectivity index (χ0v) is 21.4. The summed E-state index contributed by atoms with van der Waals surface area (Å²) in [4.78, 5) is 0. The minimum atomic E-state index is -0.454. The van der Waals surface area contributed by atoms with Crippen LogP contribution < -0.4 is 20.9 Å². The zero-order chi connectivity index (χ0) is 24.3. The maximum absolute atomic E-state index is 6.59. The van der Waals surface area contributed by atoms with E-state index in [4.69, 9.17) is 18.6 Å². The Kier molecular flexibility index (Phi) is 4.45. The lowest BCUT2D eigenvalue weighted by atomic mass is 9.69. The van der Waals surface area contributed by atoms with Crippen molar-refractivity contribution in [3.05, 3.63) is 69.4 Å². The molecule has 2 aromatic carbocycles. The third-order valence-corrected chi connectivity index (χ3v) is 8.74. The van der Waals surface area contributed by atoms with Crippen LogP contribution in [0.25, 0.3) is 22.1 Å². The van der Waals surface area contributed by atoms with E-state index in [1.54, 1.807) is 0 Å². The number of fused-ring (bicyclic) bond motifs is 3. The molecule has 0 spiro atoms. The van der Waals surface area contributed by atoms with E-state index >= 15 is 0 Å². The van der Waals surface area contributed by atoms with E-state index in [2.05, 4.69) is 104 Å². The zero-order valence-electron chi connectivity index (χ0n) is 21.4. The highest BCUT2D eigenvalue weighted by atomic mass is 16.7. The van der Waals surface area contributed by atoms with Crippen LogP contribution in [0.1, 0.15) is 55.4 Å². The molecule has 4 aliphatic rings. The normalized spacial score (nSPS) is 25.2. The molecule has 0 unspecified atom stereocenters. The van der Waals surface area contributed by atoms with Gasteiger partial charge in [0.05, 0.1) is 22.4 Å². The van der Waals surface area contributed by atoms with Gasteiger partial charge < -0.3 is 18.6 Å². The first-order valence-electron chi connectivity index (χ1n) is 12.2. The van der Waals surface area contributed by atoms with E-state index in [1.165, 1.54) is 21.6 Å². The molecule has 2 aliphatic carbocycles. The van der Waals surface area contributed by atoms with Crippen molar-refractivity contribution in [3.63, 3.8) is 0 Å². The van der Waals surface area contributed by atoms with Crippen molar-refractivity contribution in [3.8, 4) is 0 Å². The van der Waals surface area contributed by atoms with Gasteiger partial charge in [0.2, 0.25) is 0 Å². The maximum atomic E-state index is 6.59. The van der Waals surface area contributed by atoms with Gasteiger partial charge in [-0.2, -0.15) is 0 Å². The molecule has 174 valence electrons. The first kappa shape index (κ1) is 22.4. The van der Waals surface area contributed by atoms with Gasteiger partial charge in [0.1, 0.15) is 0 Å². The Hall–Kier alpha value is -2.11. The van der Waals surface area contributed by atoms with Crippen LogP contribution in [0.3, 0.4) is 0 Å². The molecule has 2 saturated heterocycles. The molecule has 2 heterocycles. The summed E-state index contributed by atoms with van der Waals surface area (Å²) in [5.41, 5.74) is 2.89. The Labute approximate surface area is 202 Å². The van der Waals surface area contributed by atoms with Crippen molar-refractivity contribution in [2.24, 2.45) is 0 Å². The molecular weight excluding hydrogens is 422 g/mol. The largest absolute Gasteiger partial charge is 0.496 e. The summed E-state index contributed by atoms with van der Waals surface area (Å²) in [6.07, 6.45) is 0. The highest BCUT2D eigenvalue weighted by Crippen LogP contribution is 2.46. The van der Waals surface area contributed by atoms with Crippen molar-refractivity contribution >= 4 is 36.3 Å². The van der Waals surface area contributed by atoms with Crippen molar-refractivity contribution in [2.75, 3.05) is 0 Å². The van der Waals surface area contributed by atoms with Gasteiger partial charge in [-0.05, 0) is 98.4 Å². The Morgan fingerprint density at radius 1 is 0.441 bits per heavy atom. The van der Waals surface area contributed by atoms with E-state index in [0.29, 0.717) is 0 Å². The van der Waals surface area contributed by atoms with Gasteiger partial charge in [0, 0.05) is 0 Å². The predicted molar refractivity (Wildman–Crippen MR) is 137 cm³/mol. The third-order valence-electron chi connectivity index (χ3n) is 8.74. The Bertz CT molecular complexity index is 1340. The van der Waals surface area contributed by atoms with Gasteiger partial charge in [-0.25, -0.2) is 0 Å². The lowest BCUT2D eigenvalue weighted by molar-refractivity contribution is 0.00578. The summed E-state index contributed by atoms with van der Waals surface area (Å²) >= 11 is 0. The van der Waals surface area contributed by atoms with Crippen molar-refractivity contribution < 1.29 is 18.6 Å². The third kappa shape index (κ3) is 2.83. The smallest absolute Gasteiger partial charge is 0.399 e. The van der Waals surface area contributed by atoms with Gasteiger partial charge >= 0.3 is 14.2 Å². The molecule has 34 heavy (non-hydrogen) atoms. The fourth-order valence-corrected chi connectivity index (χ4v) is 5.38. The van der Waals surface area contributed by atoms with Gasteiger partial charge in [0.25, 0.3) is 0 Å². The molecule has 2 aromatic rings. The fourth-order valence-electron chi connectivity index (χ4n) is 5.38. The molecule has 0 aromatic heterocycles. The topological polar surface area (TPSA) is 36.9 Å². The first-order chi connectivity index (χ1) is 15.8. The van der Waals surface area contributed by atoms with E-state index in [9.17, 15) is 0 Å². The molecule has 0 atom stereocenters. The van der Waals surface area contributed by atoms with E-state index in [0.717, 1.165) is 21.4 Å². The van der Waals surface area contributed by atoms with Gasteiger partial charge in [-0.1, -0.05) is 48.5 Å². The predicted octanol–water partition coefficient (Wildman–Crippen LogP) is 2.28. The molecule has 4 nitrogen and oxygen atoms in total. The second-order valence-electron chi connectivity index (χ2n) is 11.8. The second kappa shape index (κ2) is 6.76. The van der Waals surface area contributed by atoms with E-state index in [1.807, 2.05) is 0 Å². The molecule has 0 radical (unpaired) electrons. The van der Waals surface area contributed by atoms with E-state index in [-0.39, 0.29) is 0 Å². The lowest BCUT2D eigenvalue weighted by Gasteiger charge is -2.32. The Morgan fingerprint density at radius 2 is 0.706 bits per heavy atom. The number of hydrogen-bond donors (Lipinski definition) is 0. The average molecular weight is 454 g/mol. The molecule has 2 fully saturated rings. The summed E-state index contributed by atoms with van der Waals surface area (Å²) in [5.74, 6) is 0. The molecule has 0 saturated carbocycles. The summed E-state index contributed by atoms with van der Waals surface area (Å²) in [6.45, 7) is 16.8. The van der Waals surface area contributed by atoms with Crippen LogP contribution in [0.15, 0.2) is 48.5 Å². The molecular formula is C28H32B2O4. The van der Waals surface area contributed by atoms with Crippen LogP contribution in [0, 0.1) is 0 Å². The van der Waals surface area contributed by atoms with Gasteiger partial charge in [-0.15, -0.1) is 0 Å². The number of benzene rings is 2. The summed E-state index contributed by atoms with van der Waals surface area (Å²) in [6, 6.07) is 17.1. The van der Waals surface area contributed by atoms with Crippen LogP contribution in [0.2, 0.25) is 0 Å². The lowest BCUT2D eigenvalue weighted by Crippen LogP contribution is -2.41. The Balaban J connectivity index is 1.63. The SMILES string of the molecule is CC1(C)OB(C2=c3ccccc3=C3C(B4OC(C)(C)C(C)(C)O4)=c4ccccc4=C23)OC1(C)C. The highest BCUT2D eigenvalue weighted by Gasteiger charge is 2.57. The summed E-state index contributed by atoms with van der Waals surface area (Å²) in [7, 11) is -0.909. The van der Waals surface area contributed by atoms with Crippen molar-refractivity contribution in [1.82, 2.24) is 0 Å². The highest BCUT2D eigenvalue weighted by molar-refractivity contribution is 6.80. The standard InChI is InChI=1S/C28H32B2O4/c1-25(2)26(3,4)32-29(31-25)23-19-15-11-9-13-17(19)22-21(23)18-14-10-12-16-20(18)24(22)30-33-27(5,6)28(7,8)34-30/h9-16H,1-8H3. The molecule has 0 N–H and O–H groups in total. The number of rotatable bonds is 2. The van der Waals surface area contributed by atoms with Crippen LogP contribution in [-0.4, -0.2) is 36.6 Å². The molecule has 6 heteroatoms. The van der Waals surface area contributed by atoms with Crippen LogP contribution >= 0.6 is 0 Å². The fraction of sp³-hybridized carbons (Fsp3) is 0.429. The monoisotopic (exact) mass is 454 g/mol. The minimum Gasteiger partial charge on any atom is -0.399 e. The number of hydrogen-bond acceptors (Lipinski definition) is 4. The van der Waals surface area contributed by atoms with Crippen LogP contribution in [0.5, 0.6) is 0 Å². The Morgan fingerprint density at radius 3 is 1.00 bits per heavy atom. The van der Waals surface area contributed by atoms with Crippen LogP contribution in [0.4, 0.5) is 0 Å². The molecule has 6 rings (SSSR count). The summed E-state index contributed by atoms with van der Waals surface area (Å²) in [5, 5.41) is 4.69. The quantitative estimate of drug-likeness (QED) is 0.653. The minimum absolute atomic E-state index is 0.417. The summed E-state index contributed by atoms with van der Waals surface area (Å²) < 4.78 is 26.4. The second-order valence-corrected chi connectivity index (χ2v) is 11.8. The average Bonchev–Trinajstić information content (AvgIpc) is 3.37. The van der Waals surface area contributed by atoms with Gasteiger partial charge in [0.15, 0.2) is 0 Å². The first-order valence-corrected chi connectivity index (χ1v) is 12.2. The molecule has 0 bridgehead atoms. The molecule has 2 aliphatic heterocycles. The van der Waals surface area contributed by atoms with E-state index < -0.39 is 36.6 Å². The van der Waals surface area contributed by atoms with Crippen molar-refractivity contribution in [2.45, 2.75) is 77.8 Å². The molecule has 0 amide bonds. The maximum Gasteiger partial charge on any atom is 0.496 e.